The molecule has 0 amide bonds. The van der Waals surface area contributed by atoms with Gasteiger partial charge in [-0.2, -0.15) is 0 Å². The Morgan fingerprint density at radius 3 is 1.66 bits per heavy atom. The number of hydrogen-bond acceptors (Lipinski definition) is 8. The van der Waals surface area contributed by atoms with Crippen LogP contribution in [-0.2, 0) is 14.3 Å². The third kappa shape index (κ3) is 11.3. The fraction of sp³-hybridized carbons (Fsp3) is 0.185. The molecule has 0 spiro atoms. The zero-order chi connectivity index (χ0) is 28.5. The molecule has 0 fully saturated rings. The van der Waals surface area contributed by atoms with E-state index in [0.717, 1.165) is 17.2 Å². The number of benzene rings is 2. The maximum absolute atomic E-state index is 13.4. The van der Waals surface area contributed by atoms with Crippen LogP contribution in [0.1, 0.15) is 25.0 Å². The summed E-state index contributed by atoms with van der Waals surface area (Å²) in [5, 5.41) is 16.7. The molecule has 4 aromatic rings. The van der Waals surface area contributed by atoms with Crippen molar-refractivity contribution in [3.05, 3.63) is 84.0 Å². The molecule has 2 aromatic heterocycles. The Morgan fingerprint density at radius 2 is 1.27 bits per heavy atom. The Balaban J connectivity index is 0.000000395. The molecule has 0 aliphatic heterocycles. The maximum atomic E-state index is 13.4. The molecule has 2 N–H and O–H groups in total. The van der Waals surface area contributed by atoms with Gasteiger partial charge in [-0.1, -0.05) is 0 Å². The van der Waals surface area contributed by atoms with Crippen molar-refractivity contribution in [1.29, 1.82) is 0 Å². The summed E-state index contributed by atoms with van der Waals surface area (Å²) in [5.41, 5.74) is 2.69. The largest absolute Gasteiger partial charge is 1.00 e. The molecule has 0 unspecified atom stereocenters. The Morgan fingerprint density at radius 1 is 0.829 bits per heavy atom. The molecule has 2 heterocycles. The number of rotatable bonds is 7. The minimum atomic E-state index is -1.08. The second-order valence-corrected chi connectivity index (χ2v) is 8.59. The minimum absolute atomic E-state index is 0. The number of carboxylic acids is 1. The van der Waals surface area contributed by atoms with Gasteiger partial charge in [0.15, 0.2) is 11.6 Å². The number of carbonyl (C=O) groups is 2. The number of hydrogen-bond donors (Lipinski definition) is 1. The van der Waals surface area contributed by atoms with Crippen molar-refractivity contribution in [3.63, 3.8) is 0 Å². The molecule has 0 aliphatic carbocycles. The van der Waals surface area contributed by atoms with Crippen LogP contribution in [0.15, 0.2) is 61.2 Å². The van der Waals surface area contributed by atoms with E-state index in [9.17, 15) is 18.4 Å². The fourth-order valence-electron chi connectivity index (χ4n) is 3.24. The van der Waals surface area contributed by atoms with Gasteiger partial charge in [-0.05, 0) is 75.2 Å². The SMILES string of the molecule is Cc1cc(F)cc(-c2ncn(/C=C\C(=O)O)n2)c1.Cc1cc(F)cc(-c2ncn(/C=C\C(=O)OC(C)C)n2)c1.[Li+].[OH-]. The molecule has 0 aliphatic rings. The van der Waals surface area contributed by atoms with Crippen LogP contribution in [0.3, 0.4) is 0 Å². The summed E-state index contributed by atoms with van der Waals surface area (Å²) in [6.45, 7) is 7.11. The quantitative estimate of drug-likeness (QED) is 0.202. The fourth-order valence-corrected chi connectivity index (χ4v) is 3.24. The monoisotopic (exact) mass is 560 g/mol. The summed E-state index contributed by atoms with van der Waals surface area (Å²) in [6, 6.07) is 9.08. The molecule has 0 saturated heterocycles. The average molecular weight is 560 g/mol. The van der Waals surface area contributed by atoms with Crippen molar-refractivity contribution < 1.29 is 52.6 Å². The Labute approximate surface area is 246 Å². The van der Waals surface area contributed by atoms with E-state index < -0.39 is 11.9 Å². The second-order valence-electron chi connectivity index (χ2n) is 8.59. The topological polar surface area (TPSA) is 155 Å². The van der Waals surface area contributed by atoms with E-state index in [1.807, 2.05) is 0 Å². The summed E-state index contributed by atoms with van der Waals surface area (Å²) in [4.78, 5) is 29.8. The van der Waals surface area contributed by atoms with Gasteiger partial charge in [-0.15, -0.1) is 10.2 Å². The van der Waals surface area contributed by atoms with Gasteiger partial charge in [-0.3, -0.25) is 0 Å². The first-order chi connectivity index (χ1) is 18.5. The first-order valence-corrected chi connectivity index (χ1v) is 11.7. The standard InChI is InChI=1S/C15H16FN3O2.C12H10FN3O2.Li.H2O/c1-10(2)21-14(20)4-5-19-9-17-15(18-19)12-6-11(3)7-13(16)8-12;1-8-4-9(6-10(13)5-8)12-14-7-16(15-12)3-2-11(17)18;;/h4-10H,1-3H3;2-7H,1H3,(H,17,18);;1H2/q;;+1;/p-1/b5-4-;3-2-;;. The number of aliphatic carboxylic acids is 1. The molecular formula is C27H27F2LiN6O5. The smallest absolute Gasteiger partial charge is 0.870 e. The summed E-state index contributed by atoms with van der Waals surface area (Å²) in [7, 11) is 0. The van der Waals surface area contributed by atoms with Crippen LogP contribution in [0, 0.1) is 25.5 Å². The zero-order valence-electron chi connectivity index (χ0n) is 23.1. The van der Waals surface area contributed by atoms with E-state index >= 15 is 0 Å². The summed E-state index contributed by atoms with van der Waals surface area (Å²) >= 11 is 0. The van der Waals surface area contributed by atoms with Crippen LogP contribution < -0.4 is 18.9 Å². The van der Waals surface area contributed by atoms with Gasteiger partial charge in [0, 0.05) is 35.7 Å². The number of halogens is 2. The molecule has 11 nitrogen and oxygen atoms in total. The Bertz CT molecular complexity index is 1490. The number of nitrogens with zero attached hydrogens (tertiary/aromatic N) is 6. The number of esters is 1. The summed E-state index contributed by atoms with van der Waals surface area (Å²) in [5.74, 6) is -1.50. The van der Waals surface area contributed by atoms with Crippen molar-refractivity contribution in [2.24, 2.45) is 0 Å². The first-order valence-electron chi connectivity index (χ1n) is 11.7. The molecule has 210 valence electrons. The number of aromatic nitrogens is 6. The maximum Gasteiger partial charge on any atom is 1.00 e. The second kappa shape index (κ2) is 16.0. The predicted octanol–water partition coefficient (Wildman–Crippen LogP) is 1.59. The Kier molecular flexibility index (Phi) is 13.5. The van der Waals surface area contributed by atoms with Crippen LogP contribution in [0.5, 0.6) is 0 Å². The van der Waals surface area contributed by atoms with Crippen LogP contribution >= 0.6 is 0 Å². The predicted molar refractivity (Wildman–Crippen MR) is 142 cm³/mol. The van der Waals surface area contributed by atoms with Crippen molar-refractivity contribution in [2.45, 2.75) is 33.8 Å². The van der Waals surface area contributed by atoms with Crippen molar-refractivity contribution in [3.8, 4) is 22.8 Å². The van der Waals surface area contributed by atoms with Gasteiger partial charge in [-0.25, -0.2) is 37.7 Å². The van der Waals surface area contributed by atoms with Gasteiger partial charge < -0.3 is 15.3 Å². The number of aryl methyl sites for hydroxylation is 2. The number of carbonyl (C=O) groups excluding carboxylic acids is 1. The summed E-state index contributed by atoms with van der Waals surface area (Å²) in [6.07, 6.45) is 7.51. The van der Waals surface area contributed by atoms with Gasteiger partial charge in [0.2, 0.25) is 0 Å². The molecule has 2 aromatic carbocycles. The van der Waals surface area contributed by atoms with Crippen molar-refractivity contribution >= 4 is 24.3 Å². The van der Waals surface area contributed by atoms with Gasteiger partial charge in [0.1, 0.15) is 24.3 Å². The average Bonchev–Trinajstić information content (AvgIpc) is 3.50. The van der Waals surface area contributed by atoms with Crippen LogP contribution in [0.25, 0.3) is 35.2 Å². The van der Waals surface area contributed by atoms with Crippen LogP contribution in [0.2, 0.25) is 0 Å². The van der Waals surface area contributed by atoms with Gasteiger partial charge in [0.25, 0.3) is 0 Å². The van der Waals surface area contributed by atoms with E-state index in [4.69, 9.17) is 9.84 Å². The van der Waals surface area contributed by atoms with E-state index in [-0.39, 0.29) is 42.1 Å². The van der Waals surface area contributed by atoms with Crippen molar-refractivity contribution in [2.75, 3.05) is 0 Å². The molecule has 0 radical (unpaired) electrons. The molecule has 0 atom stereocenters. The number of ether oxygens (including phenoxy) is 1. The van der Waals surface area contributed by atoms with E-state index in [1.165, 1.54) is 64.8 Å². The molecule has 14 heteroatoms. The molecule has 0 saturated carbocycles. The van der Waals surface area contributed by atoms with Crippen LogP contribution in [-0.4, -0.2) is 58.2 Å². The van der Waals surface area contributed by atoms with Gasteiger partial charge in [0.05, 0.1) is 6.10 Å². The third-order valence-corrected chi connectivity index (χ3v) is 4.70. The van der Waals surface area contributed by atoms with Crippen molar-refractivity contribution in [1.82, 2.24) is 29.5 Å². The minimum Gasteiger partial charge on any atom is -0.870 e. The Hall–Kier alpha value is -4.44. The zero-order valence-corrected chi connectivity index (χ0v) is 23.1. The van der Waals surface area contributed by atoms with E-state index in [2.05, 4.69) is 20.2 Å². The molecule has 4 rings (SSSR count). The normalized spacial score (nSPS) is 10.6. The molecule has 41 heavy (non-hydrogen) atoms. The van der Waals surface area contributed by atoms with Gasteiger partial charge >= 0.3 is 30.8 Å². The third-order valence-electron chi connectivity index (χ3n) is 4.70. The summed E-state index contributed by atoms with van der Waals surface area (Å²) < 4.78 is 34.2. The van der Waals surface area contributed by atoms with E-state index in [1.54, 1.807) is 39.8 Å². The van der Waals surface area contributed by atoms with E-state index in [0.29, 0.717) is 22.8 Å². The number of carboxylic acid groups (broad SMARTS) is 1. The van der Waals surface area contributed by atoms with Crippen LogP contribution in [0.4, 0.5) is 8.78 Å². The first kappa shape index (κ1) is 34.6. The molecular weight excluding hydrogens is 533 g/mol. The molecule has 0 bridgehead atoms.